The summed E-state index contributed by atoms with van der Waals surface area (Å²) in [7, 11) is 1.63. The van der Waals surface area contributed by atoms with E-state index in [4.69, 9.17) is 26.6 Å². The fourth-order valence-electron chi connectivity index (χ4n) is 5.39. The highest BCUT2D eigenvalue weighted by Gasteiger charge is 2.44. The summed E-state index contributed by atoms with van der Waals surface area (Å²) in [4.78, 5) is 14.1. The second-order valence-corrected chi connectivity index (χ2v) is 10.4. The predicted molar refractivity (Wildman–Crippen MR) is 149 cm³/mol. The van der Waals surface area contributed by atoms with E-state index in [1.165, 1.54) is 18.9 Å². The Labute approximate surface area is 227 Å². The van der Waals surface area contributed by atoms with E-state index in [2.05, 4.69) is 37.9 Å². The normalized spacial score (nSPS) is 20.2. The van der Waals surface area contributed by atoms with E-state index in [0.29, 0.717) is 29.4 Å². The van der Waals surface area contributed by atoms with Gasteiger partial charge in [-0.2, -0.15) is 5.10 Å². The number of pyridine rings is 3. The first-order valence-corrected chi connectivity index (χ1v) is 12.9. The molecule has 3 atom stereocenters. The van der Waals surface area contributed by atoms with E-state index in [0.717, 1.165) is 42.1 Å². The SMILES string of the molecule is C#CC(C)(O)COc1cc(-c2ccc(N3CC4CC(C3)N4Cc3ccc(OC)nc3)nc2)c2c(N)cnn2c1. The third-order valence-corrected chi connectivity index (χ3v) is 7.55. The molecule has 10 heteroatoms. The van der Waals surface area contributed by atoms with Crippen molar-refractivity contribution in [2.45, 2.75) is 37.6 Å². The Morgan fingerprint density at radius 3 is 2.64 bits per heavy atom. The summed E-state index contributed by atoms with van der Waals surface area (Å²) in [5, 5.41) is 14.5. The van der Waals surface area contributed by atoms with Crippen molar-refractivity contribution in [1.29, 1.82) is 0 Å². The number of piperidine rings is 1. The highest BCUT2D eigenvalue weighted by atomic mass is 16.5. The molecule has 3 N–H and O–H groups in total. The van der Waals surface area contributed by atoms with E-state index in [9.17, 15) is 5.11 Å². The molecule has 3 fully saturated rings. The number of fused-ring (bicyclic) bond motifs is 3. The lowest BCUT2D eigenvalue weighted by Gasteiger charge is -2.56. The van der Waals surface area contributed by atoms with Gasteiger partial charge in [-0.1, -0.05) is 12.0 Å². The van der Waals surface area contributed by atoms with Crippen LogP contribution >= 0.6 is 0 Å². The summed E-state index contributed by atoms with van der Waals surface area (Å²) in [6.07, 6.45) is 13.7. The number of methoxy groups -OCH3 is 1. The zero-order valence-corrected chi connectivity index (χ0v) is 22.0. The van der Waals surface area contributed by atoms with Crippen LogP contribution in [0.25, 0.3) is 16.6 Å². The summed E-state index contributed by atoms with van der Waals surface area (Å²) in [6, 6.07) is 11.0. The second kappa shape index (κ2) is 9.76. The van der Waals surface area contributed by atoms with Crippen LogP contribution in [0.15, 0.2) is 55.1 Å². The van der Waals surface area contributed by atoms with Gasteiger partial charge in [0.25, 0.3) is 0 Å². The van der Waals surface area contributed by atoms with Crippen LogP contribution in [0.3, 0.4) is 0 Å². The highest BCUT2D eigenvalue weighted by molar-refractivity contribution is 5.89. The molecule has 0 radical (unpaired) electrons. The first kappa shape index (κ1) is 25.0. The largest absolute Gasteiger partial charge is 0.488 e. The van der Waals surface area contributed by atoms with Gasteiger partial charge in [-0.15, -0.1) is 6.42 Å². The maximum absolute atomic E-state index is 10.1. The molecule has 7 heterocycles. The van der Waals surface area contributed by atoms with Gasteiger partial charge in [0.05, 0.1) is 30.7 Å². The van der Waals surface area contributed by atoms with Crippen LogP contribution in [-0.2, 0) is 6.54 Å². The van der Waals surface area contributed by atoms with Gasteiger partial charge in [-0.05, 0) is 37.1 Å². The topological polar surface area (TPSA) is 114 Å². The molecule has 200 valence electrons. The van der Waals surface area contributed by atoms with Gasteiger partial charge in [-0.3, -0.25) is 4.90 Å². The summed E-state index contributed by atoms with van der Waals surface area (Å²) < 4.78 is 12.6. The van der Waals surface area contributed by atoms with Gasteiger partial charge in [0, 0.05) is 61.3 Å². The molecule has 0 aromatic carbocycles. The number of anilines is 2. The summed E-state index contributed by atoms with van der Waals surface area (Å²) >= 11 is 0. The van der Waals surface area contributed by atoms with E-state index in [1.54, 1.807) is 24.0 Å². The maximum atomic E-state index is 10.1. The fraction of sp³-hybridized carbons (Fsp3) is 0.345. The Kier molecular flexibility index (Phi) is 6.25. The molecule has 2 bridgehead atoms. The van der Waals surface area contributed by atoms with Crippen LogP contribution < -0.4 is 20.1 Å². The Balaban J connectivity index is 1.17. The van der Waals surface area contributed by atoms with Crippen molar-refractivity contribution in [3.8, 4) is 35.1 Å². The van der Waals surface area contributed by atoms with Crippen molar-refractivity contribution >= 4 is 17.0 Å². The van der Waals surface area contributed by atoms with E-state index in [1.807, 2.05) is 30.6 Å². The van der Waals surface area contributed by atoms with Crippen molar-refractivity contribution in [3.05, 3.63) is 60.7 Å². The van der Waals surface area contributed by atoms with Crippen LogP contribution in [0.2, 0.25) is 0 Å². The second-order valence-electron chi connectivity index (χ2n) is 10.4. The summed E-state index contributed by atoms with van der Waals surface area (Å²) in [6.45, 7) is 4.24. The average molecular weight is 526 g/mol. The molecule has 3 aliphatic rings. The van der Waals surface area contributed by atoms with Crippen LogP contribution in [0.1, 0.15) is 18.9 Å². The van der Waals surface area contributed by atoms with Crippen molar-refractivity contribution in [2.24, 2.45) is 0 Å². The minimum atomic E-state index is -1.38. The molecule has 7 rings (SSSR count). The van der Waals surface area contributed by atoms with Crippen LogP contribution in [0.5, 0.6) is 11.6 Å². The molecule has 0 saturated carbocycles. The highest BCUT2D eigenvalue weighted by Crippen LogP contribution is 2.37. The number of aromatic nitrogens is 4. The Morgan fingerprint density at radius 2 is 1.97 bits per heavy atom. The fourth-order valence-corrected chi connectivity index (χ4v) is 5.39. The molecular weight excluding hydrogens is 494 g/mol. The lowest BCUT2D eigenvalue weighted by Crippen LogP contribution is -2.68. The first-order valence-electron chi connectivity index (χ1n) is 12.9. The number of terminal acetylenes is 1. The number of rotatable bonds is 8. The number of nitrogens with zero attached hydrogens (tertiary/aromatic N) is 6. The third kappa shape index (κ3) is 4.82. The maximum Gasteiger partial charge on any atom is 0.212 e. The smallest absolute Gasteiger partial charge is 0.212 e. The van der Waals surface area contributed by atoms with Gasteiger partial charge in [0.2, 0.25) is 5.88 Å². The first-order chi connectivity index (χ1) is 18.8. The molecule has 3 saturated heterocycles. The van der Waals surface area contributed by atoms with Crippen LogP contribution in [0, 0.1) is 12.3 Å². The monoisotopic (exact) mass is 525 g/mol. The molecule has 39 heavy (non-hydrogen) atoms. The Hall–Kier alpha value is -4.33. The minimum Gasteiger partial charge on any atom is -0.488 e. The molecule has 0 spiro atoms. The third-order valence-electron chi connectivity index (χ3n) is 7.55. The van der Waals surface area contributed by atoms with Crippen molar-refractivity contribution in [1.82, 2.24) is 24.5 Å². The Morgan fingerprint density at radius 1 is 1.15 bits per heavy atom. The van der Waals surface area contributed by atoms with Gasteiger partial charge in [-0.25, -0.2) is 14.5 Å². The molecule has 10 nitrogen and oxygen atoms in total. The number of aliphatic hydroxyl groups is 1. The van der Waals surface area contributed by atoms with Crippen molar-refractivity contribution < 1.29 is 14.6 Å². The van der Waals surface area contributed by atoms with Crippen LogP contribution in [-0.4, -0.2) is 74.1 Å². The number of ether oxygens (including phenoxy) is 2. The molecule has 0 aliphatic carbocycles. The minimum absolute atomic E-state index is 0.0499. The molecule has 3 aliphatic heterocycles. The van der Waals surface area contributed by atoms with Gasteiger partial charge in [0.1, 0.15) is 18.2 Å². The average Bonchev–Trinajstić information content (AvgIpc) is 3.35. The molecular formula is C29H31N7O3. The van der Waals surface area contributed by atoms with Gasteiger partial charge >= 0.3 is 0 Å². The number of hydrogen-bond acceptors (Lipinski definition) is 9. The lowest BCUT2D eigenvalue weighted by molar-refractivity contribution is -0.00876. The summed E-state index contributed by atoms with van der Waals surface area (Å²) in [5.41, 5.74) is 9.11. The van der Waals surface area contributed by atoms with E-state index < -0.39 is 5.60 Å². The zero-order chi connectivity index (χ0) is 27.1. The van der Waals surface area contributed by atoms with Crippen LogP contribution in [0.4, 0.5) is 11.5 Å². The zero-order valence-electron chi connectivity index (χ0n) is 22.0. The van der Waals surface area contributed by atoms with Crippen molar-refractivity contribution in [2.75, 3.05) is 37.4 Å². The molecule has 4 aromatic rings. The van der Waals surface area contributed by atoms with Gasteiger partial charge < -0.3 is 25.2 Å². The standard InChI is InChI=1S/C29H31N7O3/c1-4-29(2,37)18-39-23-10-24(28-25(30)13-33-36(28)17-23)20-6-7-26(31-12-20)34-15-21-9-22(16-34)35(21)14-19-5-8-27(38-3)32-11-19/h1,5-8,10-13,17,21-22,37H,9,14-16,18,30H2,2-3H3. The quantitative estimate of drug-likeness (QED) is 0.335. The molecule has 0 amide bonds. The molecule has 4 aromatic heterocycles. The predicted octanol–water partition coefficient (Wildman–Crippen LogP) is 2.61. The van der Waals surface area contributed by atoms with E-state index >= 15 is 0 Å². The van der Waals surface area contributed by atoms with Gasteiger partial charge in [0.15, 0.2) is 5.60 Å². The summed E-state index contributed by atoms with van der Waals surface area (Å²) in [5.74, 6) is 4.43. The van der Waals surface area contributed by atoms with E-state index in [-0.39, 0.29) is 6.61 Å². The number of piperazine rings is 1. The lowest BCUT2D eigenvalue weighted by atomic mass is 9.87. The molecule has 3 unspecified atom stereocenters. The number of nitrogen functional groups attached to an aromatic ring is 1. The Bertz CT molecular complexity index is 1510. The van der Waals surface area contributed by atoms with Crippen molar-refractivity contribution in [3.63, 3.8) is 0 Å². The number of hydrogen-bond donors (Lipinski definition) is 2. The number of nitrogens with two attached hydrogens (primary N) is 1.